The number of rotatable bonds is 24. The van der Waals surface area contributed by atoms with Crippen LogP contribution in [0.4, 0.5) is 49.5 Å². The maximum absolute atomic E-state index is 15.1. The fourth-order valence-corrected chi connectivity index (χ4v) is 13.2. The Morgan fingerprint density at radius 3 is 1.02 bits per heavy atom. The molecule has 0 spiro atoms. The molecule has 8 aromatic rings. The molecule has 5 saturated heterocycles. The number of halogens is 8. The summed E-state index contributed by atoms with van der Waals surface area (Å²) in [4.78, 5) is 120. The van der Waals surface area contributed by atoms with Crippen molar-refractivity contribution in [2.24, 2.45) is 0 Å². The summed E-state index contributed by atoms with van der Waals surface area (Å²) in [6.45, 7) is 17.1. The van der Waals surface area contributed by atoms with Gasteiger partial charge in [-0.1, -0.05) is 66.8 Å². The largest absolute Gasteiger partial charge is 0.480 e. The summed E-state index contributed by atoms with van der Waals surface area (Å²) in [5.74, 6) is -19.7. The Labute approximate surface area is 709 Å². The molecular weight excluding hydrogens is 1660 g/mol. The number of esters is 1. The fourth-order valence-electron chi connectivity index (χ4n) is 13.2. The van der Waals surface area contributed by atoms with Crippen LogP contribution in [0.3, 0.4) is 0 Å². The maximum atomic E-state index is 15.1. The molecular formula is C84H94F8N12O21. The molecule has 125 heavy (non-hydrogen) atoms. The number of likely N-dealkylation sites (tertiary alicyclic amines) is 3. The lowest BCUT2D eigenvalue weighted by atomic mass is 10.1. The van der Waals surface area contributed by atoms with E-state index in [-0.39, 0.29) is 86.8 Å². The number of carbonyl (C=O) groups excluding carboxylic acids is 4. The molecule has 0 aliphatic carbocycles. The Hall–Kier alpha value is -12.4. The second-order valence-electron chi connectivity index (χ2n) is 32.3. The van der Waals surface area contributed by atoms with Gasteiger partial charge in [0.15, 0.2) is 22.8 Å². The van der Waals surface area contributed by atoms with Crippen molar-refractivity contribution in [1.29, 1.82) is 0 Å². The first kappa shape index (κ1) is 94.9. The van der Waals surface area contributed by atoms with E-state index in [2.05, 4.69) is 56.5 Å². The smallest absolute Gasteiger partial charge is 0.411 e. The van der Waals surface area contributed by atoms with Crippen LogP contribution in [0.2, 0.25) is 0 Å². The van der Waals surface area contributed by atoms with Crippen molar-refractivity contribution in [3.05, 3.63) is 157 Å². The molecule has 5 aliphatic rings. The minimum atomic E-state index is -3.62. The molecule has 5 aliphatic heterocycles. The number of benzene rings is 4. The molecule has 0 radical (unpaired) electrons. The number of carboxylic acid groups (broad SMARTS) is 3. The monoisotopic (exact) mass is 1760 g/mol. The number of amides is 3. The Balaban J connectivity index is 0.000000175. The zero-order valence-corrected chi connectivity index (χ0v) is 69.4. The minimum absolute atomic E-state index is 0.111. The third kappa shape index (κ3) is 25.0. The molecule has 41 heteroatoms. The Morgan fingerprint density at radius 1 is 0.456 bits per heavy atom. The molecule has 13 rings (SSSR count). The van der Waals surface area contributed by atoms with Crippen molar-refractivity contribution >= 4 is 86.3 Å². The molecule has 9 heterocycles. The zero-order valence-electron chi connectivity index (χ0n) is 69.4. The molecule has 672 valence electrons. The molecule has 4 aromatic carbocycles. The summed E-state index contributed by atoms with van der Waals surface area (Å²) in [6.07, 6.45) is -3.74. The Kier molecular flexibility index (Phi) is 29.8. The number of carbonyl (C=O) groups is 7. The average Bonchev–Trinajstić information content (AvgIpc) is 1.63. The first-order valence-electron chi connectivity index (χ1n) is 39.2. The van der Waals surface area contributed by atoms with Gasteiger partial charge in [-0.3, -0.25) is 19.5 Å². The second kappa shape index (κ2) is 39.2. The third-order valence-corrected chi connectivity index (χ3v) is 18.8. The quantitative estimate of drug-likeness (QED) is 0.0108. The molecule has 9 atom stereocenters. The number of nitrogens with zero attached hydrogens (tertiary/aromatic N) is 11. The van der Waals surface area contributed by atoms with Crippen LogP contribution in [0.15, 0.2) is 134 Å². The van der Waals surface area contributed by atoms with E-state index in [1.54, 1.807) is 153 Å². The van der Waals surface area contributed by atoms with Gasteiger partial charge in [0.25, 0.3) is 11.8 Å². The topological polar surface area (TPSA) is 432 Å². The van der Waals surface area contributed by atoms with Crippen molar-refractivity contribution in [3.8, 4) is 23.5 Å². The number of aromatic nitrogens is 8. The van der Waals surface area contributed by atoms with E-state index in [0.717, 1.165) is 32.9 Å². The van der Waals surface area contributed by atoms with E-state index in [4.69, 9.17) is 48.1 Å². The number of methoxy groups -OCH3 is 1. The van der Waals surface area contributed by atoms with E-state index in [1.165, 1.54) is 13.2 Å². The Morgan fingerprint density at radius 2 is 0.744 bits per heavy atom. The molecule has 5 fully saturated rings. The number of carboxylic acids is 3. The summed E-state index contributed by atoms with van der Waals surface area (Å²) < 4.78 is 167. The molecule has 0 saturated carbocycles. The average molecular weight is 1760 g/mol. The highest BCUT2D eigenvalue weighted by atomic mass is 19.3. The number of epoxide rings is 1. The number of hydrogen-bond acceptors (Lipinski definition) is 27. The molecule has 33 nitrogen and oxygen atoms in total. The van der Waals surface area contributed by atoms with E-state index in [0.29, 0.717) is 39.7 Å². The lowest BCUT2D eigenvalue weighted by Gasteiger charge is -2.26. The first-order valence-corrected chi connectivity index (χ1v) is 39.2. The number of aliphatic hydroxyl groups excluding tert-OH is 2. The summed E-state index contributed by atoms with van der Waals surface area (Å²) >= 11 is 0. The van der Waals surface area contributed by atoms with Crippen molar-refractivity contribution < 1.29 is 137 Å². The number of aliphatic carboxylic acids is 3. The van der Waals surface area contributed by atoms with Crippen LogP contribution >= 0.6 is 0 Å². The van der Waals surface area contributed by atoms with Crippen LogP contribution in [0.25, 0.3) is 44.1 Å². The molecule has 6 N–H and O–H groups in total. The van der Waals surface area contributed by atoms with Crippen LogP contribution in [-0.2, 0) is 66.6 Å². The van der Waals surface area contributed by atoms with Gasteiger partial charge in [-0.15, -0.1) is 6.58 Å². The van der Waals surface area contributed by atoms with Crippen LogP contribution in [0.1, 0.15) is 124 Å². The van der Waals surface area contributed by atoms with Gasteiger partial charge in [0.05, 0.1) is 96.8 Å². The van der Waals surface area contributed by atoms with Gasteiger partial charge in [0.1, 0.15) is 65.4 Å². The predicted molar refractivity (Wildman–Crippen MR) is 428 cm³/mol. The van der Waals surface area contributed by atoms with Gasteiger partial charge in [0, 0.05) is 45.1 Å². The Bertz CT molecular complexity index is 5320. The van der Waals surface area contributed by atoms with Gasteiger partial charge in [0.2, 0.25) is 23.5 Å². The highest BCUT2D eigenvalue weighted by Gasteiger charge is 2.50. The normalized spacial score (nSPS) is 20.4. The summed E-state index contributed by atoms with van der Waals surface area (Å²) in [5.41, 5.74) is -2.78. The van der Waals surface area contributed by atoms with E-state index in [9.17, 15) is 75.2 Å². The lowest BCUT2D eigenvalue weighted by molar-refractivity contribution is -0.143. The SMILES string of the molecule is C=CCC(F)(F)c1nc2ccccc2nc1O[C@@H]1C[C@@H](C(=O)O)N(C(=O)OC(C)(C)C)C1.CC(C)(C)OC(=O)N1C[C@H](Oc2nc3ccccc3nc2C(F)(F)/C=C/CO)C[C@H]1C(=O)O.CC(C)(C)OC(=O)N1C[C@H](Oc2nc3ccccc3nc2C(F)(F)CC2CO2)C[C@H]1C(=O)O.COC(=O)[C@@H]1C[C@@H](Oc2nc3ccccc3nc2C(F)(F)/C=C/CO)CN1. The number of ether oxygens (including phenoxy) is 9. The summed E-state index contributed by atoms with van der Waals surface area (Å²) in [7, 11) is 1.28. The van der Waals surface area contributed by atoms with Crippen LogP contribution < -0.4 is 24.3 Å². The number of alkyl halides is 8. The number of aliphatic hydroxyl groups is 2. The van der Waals surface area contributed by atoms with Gasteiger partial charge >= 0.3 is 54.0 Å². The second-order valence-corrected chi connectivity index (χ2v) is 32.3. The van der Waals surface area contributed by atoms with Gasteiger partial charge < -0.3 is 73.5 Å². The molecule has 0 bridgehead atoms. The van der Waals surface area contributed by atoms with Crippen molar-refractivity contribution in [1.82, 2.24) is 59.9 Å². The highest BCUT2D eigenvalue weighted by Crippen LogP contribution is 2.44. The molecule has 3 amide bonds. The standard InChI is InChI=1S/2C22H25F2N3O6.C22H25F2N3O5.C18H19F2N3O4/c1-21(2,3)33-20(30)27-10-12(8-16(27)19(28)29)32-18-17(22(23,24)9-13-11-31-13)25-14-6-4-5-7-15(14)26-18;1-21(2,3)33-20(31)27-12-13(11-16(27)19(29)30)32-18-17(22(23,24)9-6-10-28)25-14-7-4-5-8-15(14)26-18;1-5-10-22(23,24)17-18(26-15-9-7-6-8-14(15)25-17)31-13-11-16(19(28)29)27(12-13)20(30)32-21(2,3)4;1-26-17(25)14-9-11(10-21-14)27-16-15(18(19,20)7-4-8-24)22-12-5-2-3-6-13(12)23-16/h4-7,12-13,16H,8-11H2,1-3H3,(H,28,29);4-9,13,16,28H,10-12H2,1-3H3,(H,29,30);5-9,13,16H,1,10-12H2,2-4H3,(H,28,29);2-7,11,14,21,24H,8-10H2,1H3/b;9-6+;;7-4+/t12-,13?,16+;2*13-,16+;11-,14+/m1111/s1. The van der Waals surface area contributed by atoms with Crippen LogP contribution in [0.5, 0.6) is 23.5 Å². The molecule has 1 unspecified atom stereocenters. The number of fused-ring (bicyclic) bond motifs is 4. The van der Waals surface area contributed by atoms with Gasteiger partial charge in [-0.2, -0.15) is 35.1 Å². The highest BCUT2D eigenvalue weighted by molar-refractivity contribution is 5.84. The maximum Gasteiger partial charge on any atom is 0.411 e. The number of nitrogens with one attached hydrogen (secondary N) is 1. The zero-order chi connectivity index (χ0) is 91.5. The summed E-state index contributed by atoms with van der Waals surface area (Å²) in [6, 6.07) is 21.7. The van der Waals surface area contributed by atoms with E-state index >= 15 is 8.78 Å². The van der Waals surface area contributed by atoms with Crippen molar-refractivity contribution in [2.75, 3.05) is 53.1 Å². The van der Waals surface area contributed by atoms with Gasteiger partial charge in [-0.25, -0.2) is 68.6 Å². The molecule has 4 aromatic heterocycles. The van der Waals surface area contributed by atoms with Crippen LogP contribution in [-0.4, -0.2) is 247 Å². The number of allylic oxidation sites excluding steroid dienone is 3. The van der Waals surface area contributed by atoms with E-state index < -0.39 is 198 Å². The number of para-hydroxylation sites is 8. The fraction of sp³-hybridized carbons (Fsp3) is 0.464. The summed E-state index contributed by atoms with van der Waals surface area (Å²) in [5, 5.41) is 49.3. The van der Waals surface area contributed by atoms with E-state index in [1.807, 2.05) is 0 Å². The van der Waals surface area contributed by atoms with Crippen molar-refractivity contribution in [3.63, 3.8) is 0 Å². The first-order chi connectivity index (χ1) is 58.7. The lowest BCUT2D eigenvalue weighted by Crippen LogP contribution is -2.43. The predicted octanol–water partition coefficient (Wildman–Crippen LogP) is 12.2. The number of hydrogen-bond donors (Lipinski definition) is 6. The third-order valence-electron chi connectivity index (χ3n) is 18.8. The van der Waals surface area contributed by atoms with Crippen molar-refractivity contribution in [2.45, 2.75) is 196 Å². The van der Waals surface area contributed by atoms with Gasteiger partial charge in [-0.05, 0) is 123 Å². The minimum Gasteiger partial charge on any atom is -0.480 e. The van der Waals surface area contributed by atoms with Crippen LogP contribution in [0, 0.1) is 0 Å².